The fourth-order valence-corrected chi connectivity index (χ4v) is 1.21. The van der Waals surface area contributed by atoms with Crippen molar-refractivity contribution in [3.05, 3.63) is 35.4 Å². The van der Waals surface area contributed by atoms with E-state index in [2.05, 4.69) is 10.1 Å². The molecule has 0 saturated carbocycles. The number of amides is 2. The van der Waals surface area contributed by atoms with E-state index in [0.29, 0.717) is 5.56 Å². The molecule has 0 bridgehead atoms. The number of carbonyl (C=O) groups is 2. The van der Waals surface area contributed by atoms with E-state index in [0.717, 1.165) is 0 Å². The van der Waals surface area contributed by atoms with Crippen molar-refractivity contribution in [2.75, 3.05) is 6.61 Å². The van der Waals surface area contributed by atoms with Gasteiger partial charge in [0.25, 0.3) is 5.91 Å². The van der Waals surface area contributed by atoms with Gasteiger partial charge < -0.3 is 9.84 Å². The molecule has 0 aliphatic carbocycles. The monoisotopic (exact) mass is 223 g/mol. The van der Waals surface area contributed by atoms with Crippen LogP contribution in [0.1, 0.15) is 22.8 Å². The van der Waals surface area contributed by atoms with Crippen LogP contribution in [0.15, 0.2) is 24.3 Å². The minimum absolute atomic E-state index is 0.195. The Morgan fingerprint density at radius 3 is 2.69 bits per heavy atom. The molecule has 0 atom stereocenters. The highest BCUT2D eigenvalue weighted by molar-refractivity contribution is 6.03. The number of ether oxygens (including phenoxy) is 1. The first-order valence-electron chi connectivity index (χ1n) is 4.86. The van der Waals surface area contributed by atoms with Gasteiger partial charge in [0.2, 0.25) is 0 Å². The Hall–Kier alpha value is -1.88. The highest BCUT2D eigenvalue weighted by atomic mass is 16.5. The second-order valence-corrected chi connectivity index (χ2v) is 2.99. The van der Waals surface area contributed by atoms with Gasteiger partial charge in [-0.15, -0.1) is 0 Å². The van der Waals surface area contributed by atoms with Gasteiger partial charge in [-0.05, 0) is 18.6 Å². The van der Waals surface area contributed by atoms with E-state index in [4.69, 9.17) is 5.11 Å². The molecule has 1 aromatic rings. The van der Waals surface area contributed by atoms with Gasteiger partial charge in [-0.25, -0.2) is 4.79 Å². The summed E-state index contributed by atoms with van der Waals surface area (Å²) in [4.78, 5) is 22.6. The predicted molar refractivity (Wildman–Crippen MR) is 56.9 cm³/mol. The van der Waals surface area contributed by atoms with Gasteiger partial charge in [0.15, 0.2) is 0 Å². The Labute approximate surface area is 93.0 Å². The first-order valence-corrected chi connectivity index (χ1v) is 4.86. The quantitative estimate of drug-likeness (QED) is 0.803. The van der Waals surface area contributed by atoms with Crippen molar-refractivity contribution < 1.29 is 19.4 Å². The van der Waals surface area contributed by atoms with Gasteiger partial charge in [-0.3, -0.25) is 10.1 Å². The van der Waals surface area contributed by atoms with E-state index in [-0.39, 0.29) is 18.8 Å². The number of hydrogen-bond donors (Lipinski definition) is 2. The Morgan fingerprint density at radius 1 is 1.38 bits per heavy atom. The number of carbonyl (C=O) groups excluding carboxylic acids is 2. The van der Waals surface area contributed by atoms with E-state index in [9.17, 15) is 9.59 Å². The van der Waals surface area contributed by atoms with Crippen LogP contribution < -0.4 is 5.32 Å². The van der Waals surface area contributed by atoms with Gasteiger partial charge in [-0.2, -0.15) is 0 Å². The topological polar surface area (TPSA) is 75.6 Å². The number of hydrogen-bond acceptors (Lipinski definition) is 4. The fourth-order valence-electron chi connectivity index (χ4n) is 1.21. The number of aliphatic hydroxyl groups excluding tert-OH is 1. The zero-order valence-corrected chi connectivity index (χ0v) is 8.90. The molecule has 0 fully saturated rings. The molecule has 0 aliphatic rings. The van der Waals surface area contributed by atoms with E-state index >= 15 is 0 Å². The number of nitrogens with one attached hydrogen (secondary N) is 1. The number of aliphatic hydroxyl groups is 1. The largest absolute Gasteiger partial charge is 0.450 e. The first-order chi connectivity index (χ1) is 7.69. The van der Waals surface area contributed by atoms with E-state index in [1.807, 2.05) is 0 Å². The summed E-state index contributed by atoms with van der Waals surface area (Å²) in [5.74, 6) is -0.580. The molecule has 0 heterocycles. The summed E-state index contributed by atoms with van der Waals surface area (Å²) in [6, 6.07) is 6.49. The van der Waals surface area contributed by atoms with Gasteiger partial charge in [0.1, 0.15) is 0 Å². The molecule has 0 saturated heterocycles. The minimum atomic E-state index is -0.791. The fraction of sp³-hybridized carbons (Fsp3) is 0.273. The molecule has 1 aromatic carbocycles. The lowest BCUT2D eigenvalue weighted by Gasteiger charge is -2.07. The number of benzene rings is 1. The number of alkyl carbamates (subject to hydrolysis) is 1. The van der Waals surface area contributed by atoms with Crippen molar-refractivity contribution >= 4 is 12.0 Å². The van der Waals surface area contributed by atoms with Crippen LogP contribution in [0.2, 0.25) is 0 Å². The normalized spacial score (nSPS) is 9.62. The van der Waals surface area contributed by atoms with Crippen LogP contribution in [-0.4, -0.2) is 23.7 Å². The smallest absolute Gasteiger partial charge is 0.414 e. The predicted octanol–water partition coefficient (Wildman–Crippen LogP) is 1.07. The van der Waals surface area contributed by atoms with Crippen molar-refractivity contribution in [3.63, 3.8) is 0 Å². The summed E-state index contributed by atoms with van der Waals surface area (Å²) in [6.45, 7) is 1.58. The van der Waals surface area contributed by atoms with Gasteiger partial charge in [-0.1, -0.05) is 18.2 Å². The molecular weight excluding hydrogens is 210 g/mol. The van der Waals surface area contributed by atoms with Gasteiger partial charge >= 0.3 is 6.09 Å². The molecule has 5 heteroatoms. The summed E-state index contributed by atoms with van der Waals surface area (Å²) in [6.07, 6.45) is -0.791. The van der Waals surface area contributed by atoms with Crippen LogP contribution in [0.4, 0.5) is 4.79 Å². The Balaban J connectivity index is 2.76. The summed E-state index contributed by atoms with van der Waals surface area (Å²) in [7, 11) is 0. The number of imide groups is 1. The van der Waals surface area contributed by atoms with Crippen LogP contribution in [0, 0.1) is 0 Å². The Bertz CT molecular complexity index is 389. The maximum absolute atomic E-state index is 11.6. The zero-order chi connectivity index (χ0) is 12.0. The lowest BCUT2D eigenvalue weighted by Crippen LogP contribution is -2.31. The third kappa shape index (κ3) is 3.06. The van der Waals surface area contributed by atoms with Crippen LogP contribution in [0.3, 0.4) is 0 Å². The molecule has 0 spiro atoms. The summed E-state index contributed by atoms with van der Waals surface area (Å²) >= 11 is 0. The van der Waals surface area contributed by atoms with Crippen LogP contribution in [-0.2, 0) is 11.3 Å². The Morgan fingerprint density at radius 2 is 2.06 bits per heavy atom. The van der Waals surface area contributed by atoms with Crippen molar-refractivity contribution in [3.8, 4) is 0 Å². The summed E-state index contributed by atoms with van der Waals surface area (Å²) in [5, 5.41) is 11.1. The molecular formula is C11H13NO4. The maximum atomic E-state index is 11.6. The second kappa shape index (κ2) is 5.87. The maximum Gasteiger partial charge on any atom is 0.414 e. The zero-order valence-electron chi connectivity index (χ0n) is 8.90. The van der Waals surface area contributed by atoms with Crippen molar-refractivity contribution in [1.82, 2.24) is 5.32 Å². The average Bonchev–Trinajstić information content (AvgIpc) is 2.29. The molecule has 0 aromatic heterocycles. The minimum Gasteiger partial charge on any atom is -0.450 e. The molecule has 86 valence electrons. The molecule has 0 aliphatic heterocycles. The lowest BCUT2D eigenvalue weighted by molar-refractivity contribution is 0.0922. The average molecular weight is 223 g/mol. The van der Waals surface area contributed by atoms with E-state index in [1.54, 1.807) is 25.1 Å². The molecule has 2 amide bonds. The standard InChI is InChI=1S/C11H13NO4/c1-2-16-11(15)12-10(14)9-6-4-3-5-8(9)7-13/h3-6,13H,2,7H2,1H3,(H,12,14,15). The molecule has 1 rings (SSSR count). The Kier molecular flexibility index (Phi) is 4.47. The van der Waals surface area contributed by atoms with Crippen molar-refractivity contribution in [2.24, 2.45) is 0 Å². The molecule has 16 heavy (non-hydrogen) atoms. The van der Waals surface area contributed by atoms with E-state index < -0.39 is 12.0 Å². The number of rotatable bonds is 3. The third-order valence-corrected chi connectivity index (χ3v) is 1.92. The molecule has 0 radical (unpaired) electrons. The first kappa shape index (κ1) is 12.2. The van der Waals surface area contributed by atoms with Crippen LogP contribution >= 0.6 is 0 Å². The van der Waals surface area contributed by atoms with Gasteiger partial charge in [0, 0.05) is 5.56 Å². The molecule has 0 unspecified atom stereocenters. The highest BCUT2D eigenvalue weighted by Crippen LogP contribution is 2.08. The van der Waals surface area contributed by atoms with Crippen LogP contribution in [0.5, 0.6) is 0 Å². The molecule has 5 nitrogen and oxygen atoms in total. The molecule has 2 N–H and O–H groups in total. The third-order valence-electron chi connectivity index (χ3n) is 1.92. The van der Waals surface area contributed by atoms with E-state index in [1.165, 1.54) is 6.07 Å². The van der Waals surface area contributed by atoms with Crippen molar-refractivity contribution in [2.45, 2.75) is 13.5 Å². The summed E-state index contributed by atoms with van der Waals surface area (Å²) < 4.78 is 4.57. The van der Waals surface area contributed by atoms with Crippen LogP contribution in [0.25, 0.3) is 0 Å². The lowest BCUT2D eigenvalue weighted by atomic mass is 10.1. The summed E-state index contributed by atoms with van der Waals surface area (Å²) in [5.41, 5.74) is 0.724. The van der Waals surface area contributed by atoms with Gasteiger partial charge in [0.05, 0.1) is 13.2 Å². The second-order valence-electron chi connectivity index (χ2n) is 2.99. The highest BCUT2D eigenvalue weighted by Gasteiger charge is 2.13. The SMILES string of the molecule is CCOC(=O)NC(=O)c1ccccc1CO. The van der Waals surface area contributed by atoms with Crippen molar-refractivity contribution in [1.29, 1.82) is 0 Å².